The molecule has 0 saturated carbocycles. The van der Waals surface area contributed by atoms with Gasteiger partial charge < -0.3 is 19.5 Å². The lowest BCUT2D eigenvalue weighted by Crippen LogP contribution is -2.23. The van der Waals surface area contributed by atoms with Gasteiger partial charge in [0.05, 0.1) is 29.3 Å². The highest BCUT2D eigenvalue weighted by Gasteiger charge is 2.16. The van der Waals surface area contributed by atoms with Crippen molar-refractivity contribution in [3.8, 4) is 0 Å². The summed E-state index contributed by atoms with van der Waals surface area (Å²) in [5, 5.41) is 3.28. The van der Waals surface area contributed by atoms with Gasteiger partial charge in [0.25, 0.3) is 5.56 Å². The summed E-state index contributed by atoms with van der Waals surface area (Å²) in [6, 6.07) is 11.3. The molecule has 0 fully saturated rings. The second-order valence-electron chi connectivity index (χ2n) is 7.69. The number of aromatic nitrogens is 2. The molecule has 33 heavy (non-hydrogen) atoms. The number of hydrogen-bond acceptors (Lipinski definition) is 7. The lowest BCUT2D eigenvalue weighted by atomic mass is 10.2. The lowest BCUT2D eigenvalue weighted by Gasteiger charge is -2.13. The molecule has 0 bridgehead atoms. The minimum atomic E-state index is -0.323. The number of nitrogens with zero attached hydrogens (tertiary/aromatic N) is 1. The van der Waals surface area contributed by atoms with Crippen LogP contribution < -0.4 is 10.9 Å². The monoisotopic (exact) mass is 483 g/mol. The second kappa shape index (κ2) is 10.4. The first kappa shape index (κ1) is 23.3. The number of nitrogens with one attached hydrogen (secondary N) is 2. The van der Waals surface area contributed by atoms with Crippen LogP contribution in [0.15, 0.2) is 51.9 Å². The van der Waals surface area contributed by atoms with Crippen molar-refractivity contribution in [1.29, 1.82) is 0 Å². The third-order valence-electron chi connectivity index (χ3n) is 5.22. The summed E-state index contributed by atoms with van der Waals surface area (Å²) in [6.07, 6.45) is 1.62. The van der Waals surface area contributed by atoms with E-state index in [1.807, 2.05) is 57.2 Å². The Labute approximate surface area is 199 Å². The van der Waals surface area contributed by atoms with Crippen molar-refractivity contribution < 1.29 is 13.9 Å². The number of thioether (sulfide) groups is 1. The first-order valence-electron chi connectivity index (χ1n) is 10.5. The molecule has 9 heteroatoms. The largest absolute Gasteiger partial charge is 0.467 e. The Morgan fingerprint density at radius 1 is 1.27 bits per heavy atom. The van der Waals surface area contributed by atoms with Crippen molar-refractivity contribution in [2.24, 2.45) is 0 Å². The maximum absolute atomic E-state index is 12.7. The van der Waals surface area contributed by atoms with Gasteiger partial charge in [0.15, 0.2) is 0 Å². The van der Waals surface area contributed by atoms with Crippen molar-refractivity contribution in [2.75, 3.05) is 5.32 Å². The first-order chi connectivity index (χ1) is 15.9. The number of ether oxygens (including phenoxy) is 1. The van der Waals surface area contributed by atoms with Gasteiger partial charge >= 0.3 is 0 Å². The number of thiophene rings is 1. The molecular formula is C24H25N3O4S2. The van der Waals surface area contributed by atoms with E-state index in [1.165, 1.54) is 23.1 Å². The van der Waals surface area contributed by atoms with E-state index in [0.717, 1.165) is 26.6 Å². The number of fused-ring (bicyclic) bond motifs is 1. The number of benzene rings is 1. The molecule has 7 nitrogen and oxygen atoms in total. The molecule has 1 atom stereocenters. The normalized spacial score (nSPS) is 12.2. The molecule has 0 aliphatic heterocycles. The fourth-order valence-corrected chi connectivity index (χ4v) is 5.10. The SMILES string of the molecule is Cc1sc2nc(CSC(C)C(=O)Nc3cccc(COCc4ccco4)c3)[nH]c(=O)c2c1C. The summed E-state index contributed by atoms with van der Waals surface area (Å²) in [5.41, 5.74) is 2.52. The van der Waals surface area contributed by atoms with Crippen molar-refractivity contribution in [3.05, 3.63) is 80.6 Å². The Hall–Kier alpha value is -2.88. The summed E-state index contributed by atoms with van der Waals surface area (Å²) >= 11 is 2.95. The van der Waals surface area contributed by atoms with E-state index in [1.54, 1.807) is 6.26 Å². The van der Waals surface area contributed by atoms with Crippen LogP contribution in [0.1, 0.15) is 34.5 Å². The van der Waals surface area contributed by atoms with Gasteiger partial charge in [0.2, 0.25) is 5.91 Å². The molecule has 1 unspecified atom stereocenters. The summed E-state index contributed by atoms with van der Waals surface area (Å²) in [5.74, 6) is 1.68. The molecule has 4 aromatic rings. The molecule has 0 saturated heterocycles. The van der Waals surface area contributed by atoms with E-state index in [0.29, 0.717) is 35.9 Å². The minimum Gasteiger partial charge on any atom is -0.467 e. The molecule has 3 heterocycles. The van der Waals surface area contributed by atoms with Crippen LogP contribution >= 0.6 is 23.1 Å². The van der Waals surface area contributed by atoms with Crippen molar-refractivity contribution >= 4 is 44.9 Å². The van der Waals surface area contributed by atoms with Crippen LogP contribution in [0.3, 0.4) is 0 Å². The van der Waals surface area contributed by atoms with E-state index in [4.69, 9.17) is 9.15 Å². The summed E-state index contributed by atoms with van der Waals surface area (Å²) in [4.78, 5) is 34.4. The van der Waals surface area contributed by atoms with Crippen molar-refractivity contribution in [1.82, 2.24) is 9.97 Å². The standard InChI is InChI=1S/C24H25N3O4S2/c1-14-15(2)33-24-21(14)23(29)26-20(27-24)13-32-16(3)22(28)25-18-7-4-6-17(10-18)11-30-12-19-8-5-9-31-19/h4-10,16H,11-13H2,1-3H3,(H,25,28)(H,26,27,29). The Balaban J connectivity index is 1.31. The van der Waals surface area contributed by atoms with Gasteiger partial charge in [-0.05, 0) is 56.2 Å². The van der Waals surface area contributed by atoms with E-state index >= 15 is 0 Å². The van der Waals surface area contributed by atoms with Gasteiger partial charge in [-0.3, -0.25) is 9.59 Å². The number of furan rings is 1. The van der Waals surface area contributed by atoms with Crippen LogP contribution in [-0.4, -0.2) is 21.1 Å². The number of amides is 1. The van der Waals surface area contributed by atoms with Crippen LogP contribution in [0.4, 0.5) is 5.69 Å². The van der Waals surface area contributed by atoms with Gasteiger partial charge in [-0.15, -0.1) is 23.1 Å². The third-order valence-corrected chi connectivity index (χ3v) is 7.47. The van der Waals surface area contributed by atoms with E-state index in [2.05, 4.69) is 15.3 Å². The van der Waals surface area contributed by atoms with Crippen LogP contribution in [-0.2, 0) is 28.5 Å². The van der Waals surface area contributed by atoms with Gasteiger partial charge in [-0.2, -0.15) is 0 Å². The fraction of sp³-hybridized carbons (Fsp3) is 0.292. The zero-order valence-electron chi connectivity index (χ0n) is 18.6. The Bertz CT molecular complexity index is 1310. The molecule has 3 aromatic heterocycles. The predicted molar refractivity (Wildman–Crippen MR) is 133 cm³/mol. The Morgan fingerprint density at radius 3 is 2.91 bits per heavy atom. The zero-order chi connectivity index (χ0) is 23.4. The molecule has 0 aliphatic carbocycles. The molecular weight excluding hydrogens is 458 g/mol. The number of rotatable bonds is 9. The highest BCUT2D eigenvalue weighted by atomic mass is 32.2. The minimum absolute atomic E-state index is 0.111. The Morgan fingerprint density at radius 2 is 2.12 bits per heavy atom. The average Bonchev–Trinajstić information content (AvgIpc) is 3.40. The molecule has 0 spiro atoms. The van der Waals surface area contributed by atoms with Crippen LogP contribution in [0, 0.1) is 13.8 Å². The molecule has 1 aromatic carbocycles. The Kier molecular flexibility index (Phi) is 7.32. The molecule has 2 N–H and O–H groups in total. The van der Waals surface area contributed by atoms with E-state index in [9.17, 15) is 9.59 Å². The van der Waals surface area contributed by atoms with Crippen LogP contribution in [0.5, 0.6) is 0 Å². The van der Waals surface area contributed by atoms with Crippen LogP contribution in [0.25, 0.3) is 10.2 Å². The highest BCUT2D eigenvalue weighted by Crippen LogP contribution is 2.26. The molecule has 4 rings (SSSR count). The maximum atomic E-state index is 12.7. The molecule has 1 amide bonds. The number of carbonyl (C=O) groups excluding carboxylic acids is 1. The summed E-state index contributed by atoms with van der Waals surface area (Å²) in [6.45, 7) is 6.57. The van der Waals surface area contributed by atoms with Crippen LogP contribution in [0.2, 0.25) is 0 Å². The quantitative estimate of drug-likeness (QED) is 0.341. The van der Waals surface area contributed by atoms with Gasteiger partial charge in [-0.25, -0.2) is 4.98 Å². The number of anilines is 1. The topological polar surface area (TPSA) is 97.2 Å². The maximum Gasteiger partial charge on any atom is 0.259 e. The van der Waals surface area contributed by atoms with Gasteiger partial charge in [0, 0.05) is 10.6 Å². The smallest absolute Gasteiger partial charge is 0.259 e. The van der Waals surface area contributed by atoms with Crippen molar-refractivity contribution in [3.63, 3.8) is 0 Å². The fourth-order valence-electron chi connectivity index (χ4n) is 3.29. The van der Waals surface area contributed by atoms with E-state index in [-0.39, 0.29) is 16.7 Å². The number of hydrogen-bond donors (Lipinski definition) is 2. The van der Waals surface area contributed by atoms with E-state index < -0.39 is 0 Å². The predicted octanol–water partition coefficient (Wildman–Crippen LogP) is 5.17. The lowest BCUT2D eigenvalue weighted by molar-refractivity contribution is -0.115. The first-order valence-corrected chi connectivity index (χ1v) is 12.4. The molecule has 0 aliphatic rings. The molecule has 0 radical (unpaired) electrons. The summed E-state index contributed by atoms with van der Waals surface area (Å²) in [7, 11) is 0. The highest BCUT2D eigenvalue weighted by molar-refractivity contribution is 7.99. The number of aryl methyl sites for hydroxylation is 2. The number of aromatic amines is 1. The number of carbonyl (C=O) groups is 1. The second-order valence-corrected chi connectivity index (χ2v) is 10.2. The third kappa shape index (κ3) is 5.73. The zero-order valence-corrected chi connectivity index (χ0v) is 20.3. The number of H-pyrrole nitrogens is 1. The van der Waals surface area contributed by atoms with Gasteiger partial charge in [-0.1, -0.05) is 12.1 Å². The molecule has 172 valence electrons. The summed E-state index contributed by atoms with van der Waals surface area (Å²) < 4.78 is 10.9. The van der Waals surface area contributed by atoms with Gasteiger partial charge in [0.1, 0.15) is 23.0 Å². The average molecular weight is 484 g/mol. The van der Waals surface area contributed by atoms with Crippen molar-refractivity contribution in [2.45, 2.75) is 45.0 Å².